The zero-order valence-electron chi connectivity index (χ0n) is 9.71. The zero-order chi connectivity index (χ0) is 12.1. The van der Waals surface area contributed by atoms with Crippen molar-refractivity contribution in [1.82, 2.24) is 14.9 Å². The number of benzene rings is 1. The van der Waals surface area contributed by atoms with Crippen LogP contribution in [0.15, 0.2) is 49.1 Å². The lowest BCUT2D eigenvalue weighted by molar-refractivity contribution is 0.238. The summed E-state index contributed by atoms with van der Waals surface area (Å²) in [6.45, 7) is 2.05. The van der Waals surface area contributed by atoms with Crippen LogP contribution >= 0.6 is 0 Å². The van der Waals surface area contributed by atoms with Gasteiger partial charge in [-0.25, -0.2) is 9.78 Å². The predicted octanol–water partition coefficient (Wildman–Crippen LogP) is 2.59. The molecule has 88 valence electrons. The Kier molecular flexibility index (Phi) is 3.55. The second-order valence-corrected chi connectivity index (χ2v) is 3.79. The molecule has 1 N–H and O–H groups in total. The number of carbonyl (C=O) groups is 1. The maximum Gasteiger partial charge on any atom is 0.327 e. The maximum absolute atomic E-state index is 11.9. The van der Waals surface area contributed by atoms with Gasteiger partial charge in [0.2, 0.25) is 0 Å². The summed E-state index contributed by atoms with van der Waals surface area (Å²) in [5.74, 6) is 0. The van der Waals surface area contributed by atoms with Gasteiger partial charge in [-0.2, -0.15) is 0 Å². The van der Waals surface area contributed by atoms with Crippen LogP contribution in [0.4, 0.5) is 4.79 Å². The van der Waals surface area contributed by atoms with Crippen molar-refractivity contribution in [3.05, 3.63) is 54.6 Å². The van der Waals surface area contributed by atoms with E-state index >= 15 is 0 Å². The van der Waals surface area contributed by atoms with Crippen molar-refractivity contribution in [1.29, 1.82) is 0 Å². The Morgan fingerprint density at radius 3 is 2.76 bits per heavy atom. The fourth-order valence-corrected chi connectivity index (χ4v) is 1.71. The zero-order valence-corrected chi connectivity index (χ0v) is 9.71. The molecular formula is C13H15N3O. The smallest absolute Gasteiger partial charge is 0.327 e. The lowest BCUT2D eigenvalue weighted by atomic mass is 10.1. The van der Waals surface area contributed by atoms with Gasteiger partial charge in [0, 0.05) is 12.4 Å². The molecule has 1 atom stereocenters. The number of amides is 1. The molecule has 1 aromatic carbocycles. The van der Waals surface area contributed by atoms with Crippen molar-refractivity contribution < 1.29 is 4.79 Å². The van der Waals surface area contributed by atoms with Gasteiger partial charge in [-0.3, -0.25) is 4.57 Å². The van der Waals surface area contributed by atoms with Gasteiger partial charge in [0.25, 0.3) is 0 Å². The summed E-state index contributed by atoms with van der Waals surface area (Å²) in [5, 5.41) is 2.97. The first-order chi connectivity index (χ1) is 8.31. The standard InChI is InChI=1S/C13H15N3O/c1-2-12(11-6-4-3-5-7-11)15-13(17)16-9-8-14-10-16/h3-10,12H,2H2,1H3,(H,15,17). The van der Waals surface area contributed by atoms with Crippen LogP contribution in [0.2, 0.25) is 0 Å². The van der Waals surface area contributed by atoms with Crippen LogP contribution in [0.5, 0.6) is 0 Å². The molecule has 0 bridgehead atoms. The molecule has 1 heterocycles. The fourth-order valence-electron chi connectivity index (χ4n) is 1.71. The molecule has 17 heavy (non-hydrogen) atoms. The van der Waals surface area contributed by atoms with E-state index in [0.29, 0.717) is 0 Å². The number of aromatic nitrogens is 2. The van der Waals surface area contributed by atoms with Crippen molar-refractivity contribution in [2.75, 3.05) is 0 Å². The van der Waals surface area contributed by atoms with E-state index in [9.17, 15) is 4.79 Å². The van der Waals surface area contributed by atoms with Gasteiger partial charge >= 0.3 is 6.03 Å². The molecule has 1 aromatic heterocycles. The highest BCUT2D eigenvalue weighted by molar-refractivity contribution is 5.76. The quantitative estimate of drug-likeness (QED) is 0.879. The number of hydrogen-bond donors (Lipinski definition) is 1. The predicted molar refractivity (Wildman–Crippen MR) is 65.6 cm³/mol. The van der Waals surface area contributed by atoms with Crippen molar-refractivity contribution in [2.45, 2.75) is 19.4 Å². The number of hydrogen-bond acceptors (Lipinski definition) is 2. The first-order valence-corrected chi connectivity index (χ1v) is 5.65. The van der Waals surface area contributed by atoms with E-state index in [1.54, 1.807) is 12.4 Å². The molecule has 0 radical (unpaired) electrons. The van der Waals surface area contributed by atoms with E-state index in [1.807, 2.05) is 37.3 Å². The molecule has 2 aromatic rings. The van der Waals surface area contributed by atoms with Crippen molar-refractivity contribution in [3.8, 4) is 0 Å². The molecule has 0 saturated heterocycles. The average molecular weight is 229 g/mol. The molecule has 0 fully saturated rings. The Morgan fingerprint density at radius 2 is 2.18 bits per heavy atom. The molecule has 0 aliphatic carbocycles. The first kappa shape index (κ1) is 11.4. The molecule has 1 amide bonds. The van der Waals surface area contributed by atoms with Crippen LogP contribution in [-0.4, -0.2) is 15.6 Å². The van der Waals surface area contributed by atoms with Gasteiger partial charge in [0.05, 0.1) is 6.04 Å². The monoisotopic (exact) mass is 229 g/mol. The maximum atomic E-state index is 11.9. The number of carbonyl (C=O) groups excluding carboxylic acids is 1. The van der Waals surface area contributed by atoms with E-state index in [2.05, 4.69) is 10.3 Å². The number of nitrogens with zero attached hydrogens (tertiary/aromatic N) is 2. The molecule has 4 nitrogen and oxygen atoms in total. The van der Waals surface area contributed by atoms with Gasteiger partial charge in [0.1, 0.15) is 6.33 Å². The van der Waals surface area contributed by atoms with E-state index in [1.165, 1.54) is 10.9 Å². The second-order valence-electron chi connectivity index (χ2n) is 3.79. The minimum atomic E-state index is -0.154. The molecule has 2 rings (SSSR count). The molecule has 1 unspecified atom stereocenters. The average Bonchev–Trinajstić information content (AvgIpc) is 2.90. The first-order valence-electron chi connectivity index (χ1n) is 5.65. The molecular weight excluding hydrogens is 214 g/mol. The molecule has 4 heteroatoms. The highest BCUT2D eigenvalue weighted by Crippen LogP contribution is 2.15. The van der Waals surface area contributed by atoms with Crippen molar-refractivity contribution in [2.24, 2.45) is 0 Å². The summed E-state index contributed by atoms with van der Waals surface area (Å²) < 4.78 is 1.44. The molecule has 0 aliphatic heterocycles. The summed E-state index contributed by atoms with van der Waals surface area (Å²) in [5.41, 5.74) is 1.11. The van der Waals surface area contributed by atoms with Crippen molar-refractivity contribution >= 4 is 6.03 Å². The lowest BCUT2D eigenvalue weighted by Crippen LogP contribution is -2.31. The third kappa shape index (κ3) is 2.72. The molecule has 0 spiro atoms. The Hall–Kier alpha value is -2.10. The Morgan fingerprint density at radius 1 is 1.41 bits per heavy atom. The van der Waals surface area contributed by atoms with Crippen LogP contribution in [0, 0.1) is 0 Å². The third-order valence-corrected chi connectivity index (χ3v) is 2.65. The topological polar surface area (TPSA) is 46.9 Å². The Labute approximate surface area is 100 Å². The summed E-state index contributed by atoms with van der Waals surface area (Å²) in [4.78, 5) is 15.7. The van der Waals surface area contributed by atoms with E-state index in [-0.39, 0.29) is 12.1 Å². The number of rotatable bonds is 3. The van der Waals surface area contributed by atoms with Crippen LogP contribution in [0.25, 0.3) is 0 Å². The lowest BCUT2D eigenvalue weighted by Gasteiger charge is -2.17. The van der Waals surface area contributed by atoms with Crippen LogP contribution in [0.1, 0.15) is 24.9 Å². The Balaban J connectivity index is 2.09. The second kappa shape index (κ2) is 5.30. The largest absolute Gasteiger partial charge is 0.331 e. The highest BCUT2D eigenvalue weighted by Gasteiger charge is 2.12. The minimum Gasteiger partial charge on any atom is -0.331 e. The fraction of sp³-hybridized carbons (Fsp3) is 0.231. The van der Waals surface area contributed by atoms with Crippen molar-refractivity contribution in [3.63, 3.8) is 0 Å². The van der Waals surface area contributed by atoms with E-state index < -0.39 is 0 Å². The summed E-state index contributed by atoms with van der Waals surface area (Å²) in [7, 11) is 0. The summed E-state index contributed by atoms with van der Waals surface area (Å²) in [6.07, 6.45) is 5.56. The summed E-state index contributed by atoms with van der Waals surface area (Å²) in [6, 6.07) is 9.82. The molecule has 0 aliphatic rings. The Bertz CT molecular complexity index is 465. The van der Waals surface area contributed by atoms with Gasteiger partial charge in [-0.1, -0.05) is 37.3 Å². The van der Waals surface area contributed by atoms with E-state index in [4.69, 9.17) is 0 Å². The summed E-state index contributed by atoms with van der Waals surface area (Å²) >= 11 is 0. The SMILES string of the molecule is CCC(NC(=O)n1ccnc1)c1ccccc1. The van der Waals surface area contributed by atoms with Gasteiger partial charge in [0.15, 0.2) is 0 Å². The van der Waals surface area contributed by atoms with Crippen LogP contribution < -0.4 is 5.32 Å². The third-order valence-electron chi connectivity index (χ3n) is 2.65. The highest BCUT2D eigenvalue weighted by atomic mass is 16.2. The van der Waals surface area contributed by atoms with Gasteiger partial charge < -0.3 is 5.32 Å². The minimum absolute atomic E-state index is 0.0334. The molecule has 0 saturated carbocycles. The number of nitrogens with one attached hydrogen (secondary N) is 1. The number of imidazole rings is 1. The van der Waals surface area contributed by atoms with Gasteiger partial charge in [-0.15, -0.1) is 0 Å². The normalized spacial score (nSPS) is 12.1. The van der Waals surface area contributed by atoms with E-state index in [0.717, 1.165) is 12.0 Å². The van der Waals surface area contributed by atoms with Gasteiger partial charge in [-0.05, 0) is 12.0 Å². The van der Waals surface area contributed by atoms with Crippen LogP contribution in [-0.2, 0) is 0 Å². The van der Waals surface area contributed by atoms with Crippen LogP contribution in [0.3, 0.4) is 0 Å².